The van der Waals surface area contributed by atoms with E-state index in [4.69, 9.17) is 18.6 Å². The van der Waals surface area contributed by atoms with E-state index in [2.05, 4.69) is 25.8 Å². The van der Waals surface area contributed by atoms with Crippen LogP contribution in [0.4, 0.5) is 0 Å². The van der Waals surface area contributed by atoms with E-state index in [9.17, 15) is 19.2 Å². The molecule has 0 N–H and O–H groups in total. The van der Waals surface area contributed by atoms with E-state index < -0.39 is 23.5 Å². The zero-order chi connectivity index (χ0) is 31.5. The van der Waals surface area contributed by atoms with Gasteiger partial charge in [-0.1, -0.05) is 25.8 Å². The van der Waals surface area contributed by atoms with Crippen molar-refractivity contribution in [3.63, 3.8) is 0 Å². The van der Waals surface area contributed by atoms with E-state index in [1.807, 2.05) is 12.1 Å². The first kappa shape index (κ1) is 33.0. The minimum atomic E-state index is -0.474. The van der Waals surface area contributed by atoms with Crippen LogP contribution in [0.2, 0.25) is 0 Å². The molecule has 1 aliphatic carbocycles. The molecule has 1 aliphatic rings. The zero-order valence-electron chi connectivity index (χ0n) is 25.3. The average molecular weight is 589 g/mol. The van der Waals surface area contributed by atoms with Gasteiger partial charge in [0.25, 0.3) is 0 Å². The summed E-state index contributed by atoms with van der Waals surface area (Å²) in [4.78, 5) is 48.2. The molecule has 43 heavy (non-hydrogen) atoms. The molecule has 0 spiro atoms. The summed E-state index contributed by atoms with van der Waals surface area (Å²) in [6.07, 6.45) is 8.89. The summed E-state index contributed by atoms with van der Waals surface area (Å²) >= 11 is 0. The maximum atomic E-state index is 13.0. The van der Waals surface area contributed by atoms with Gasteiger partial charge in [-0.2, -0.15) is 0 Å². The van der Waals surface area contributed by atoms with Crippen LogP contribution in [0.1, 0.15) is 76.0 Å². The number of esters is 3. The third-order valence-electron chi connectivity index (χ3n) is 6.93. The average Bonchev–Trinajstić information content (AvgIpc) is 2.96. The summed E-state index contributed by atoms with van der Waals surface area (Å²) in [5.74, 6) is -0.742. The fourth-order valence-electron chi connectivity index (χ4n) is 4.49. The molecule has 0 saturated carbocycles. The van der Waals surface area contributed by atoms with Crippen LogP contribution in [-0.4, -0.2) is 31.1 Å². The van der Waals surface area contributed by atoms with Gasteiger partial charge in [0.2, 0.25) is 0 Å². The van der Waals surface area contributed by atoms with Crippen LogP contribution in [0.25, 0.3) is 16.5 Å². The predicted molar refractivity (Wildman–Crippen MR) is 166 cm³/mol. The Hall–Kier alpha value is -4.46. The normalized spacial score (nSPS) is 12.6. The molecule has 3 rings (SSSR count). The number of benzene rings is 1. The summed E-state index contributed by atoms with van der Waals surface area (Å²) in [5.41, 5.74) is 4.57. The molecule has 0 amide bonds. The van der Waals surface area contributed by atoms with E-state index in [1.54, 1.807) is 32.9 Å². The topological polar surface area (TPSA) is 109 Å². The van der Waals surface area contributed by atoms with Crippen molar-refractivity contribution in [2.45, 2.75) is 72.1 Å². The number of carbonyl (C=O) groups is 3. The lowest BCUT2D eigenvalue weighted by atomic mass is 9.93. The molecule has 1 heterocycles. The zero-order valence-corrected chi connectivity index (χ0v) is 25.3. The number of carbonyl (C=O) groups excluding carboxylic acids is 3. The van der Waals surface area contributed by atoms with Crippen molar-refractivity contribution in [3.8, 4) is 0 Å². The Morgan fingerprint density at radius 2 is 1.30 bits per heavy atom. The lowest BCUT2D eigenvalue weighted by molar-refractivity contribution is -0.139. The fraction of sp³-hybridized carbons (Fsp3) is 0.371. The van der Waals surface area contributed by atoms with Gasteiger partial charge in [-0.25, -0.2) is 19.2 Å². The van der Waals surface area contributed by atoms with Gasteiger partial charge in [0.05, 0.1) is 18.8 Å². The van der Waals surface area contributed by atoms with Gasteiger partial charge in [-0.05, 0) is 107 Å². The second-order valence-electron chi connectivity index (χ2n) is 10.8. The van der Waals surface area contributed by atoms with E-state index in [-0.39, 0.29) is 0 Å². The first-order chi connectivity index (χ1) is 20.5. The smallest absolute Gasteiger partial charge is 0.343 e. The minimum Gasteiger partial charge on any atom is -0.462 e. The second-order valence-corrected chi connectivity index (χ2v) is 10.8. The number of hydrogen-bond donors (Lipinski definition) is 0. The molecule has 1 aromatic heterocycles. The van der Waals surface area contributed by atoms with Crippen molar-refractivity contribution in [1.29, 1.82) is 0 Å². The van der Waals surface area contributed by atoms with Crippen LogP contribution in [0.5, 0.6) is 0 Å². The van der Waals surface area contributed by atoms with Gasteiger partial charge >= 0.3 is 23.5 Å². The first-order valence-electron chi connectivity index (χ1n) is 14.5. The third-order valence-corrected chi connectivity index (χ3v) is 6.93. The Labute approximate surface area is 252 Å². The molecule has 8 heteroatoms. The highest BCUT2D eigenvalue weighted by atomic mass is 16.5. The largest absolute Gasteiger partial charge is 0.462 e. The Morgan fingerprint density at radius 1 is 0.744 bits per heavy atom. The Kier molecular flexibility index (Phi) is 12.0. The quantitative estimate of drug-likeness (QED) is 0.0730. The number of rotatable bonds is 15. The SMILES string of the molecule is C=C(C)C(=O)OCCCCc1cc2cc(C3=CC=C(OC(=O)C(=C)C)CC3)c(=O)oc2cc1CCCCOC(=O)C(=C)C. The van der Waals surface area contributed by atoms with Gasteiger partial charge in [0, 0.05) is 28.5 Å². The van der Waals surface area contributed by atoms with Crippen LogP contribution in [0.3, 0.4) is 0 Å². The molecule has 8 nitrogen and oxygen atoms in total. The van der Waals surface area contributed by atoms with Crippen LogP contribution in [0.15, 0.2) is 81.8 Å². The first-order valence-corrected chi connectivity index (χ1v) is 14.5. The minimum absolute atomic E-state index is 0.304. The van der Waals surface area contributed by atoms with Gasteiger partial charge in [-0.3, -0.25) is 0 Å². The van der Waals surface area contributed by atoms with E-state index in [1.165, 1.54) is 0 Å². The molecule has 1 aromatic carbocycles. The Morgan fingerprint density at radius 3 is 1.81 bits per heavy atom. The van der Waals surface area contributed by atoms with Crippen molar-refractivity contribution in [2.24, 2.45) is 0 Å². The fourth-order valence-corrected chi connectivity index (χ4v) is 4.49. The summed E-state index contributed by atoms with van der Waals surface area (Å²) in [5, 5.41) is 0.807. The molecule has 0 bridgehead atoms. The van der Waals surface area contributed by atoms with Gasteiger partial charge < -0.3 is 18.6 Å². The number of ether oxygens (including phenoxy) is 3. The number of hydrogen-bond acceptors (Lipinski definition) is 8. The molecule has 0 atom stereocenters. The maximum absolute atomic E-state index is 13.0. The highest BCUT2D eigenvalue weighted by molar-refractivity contribution is 5.88. The predicted octanol–water partition coefficient (Wildman–Crippen LogP) is 6.86. The van der Waals surface area contributed by atoms with Gasteiger partial charge in [-0.15, -0.1) is 0 Å². The van der Waals surface area contributed by atoms with E-state index >= 15 is 0 Å². The van der Waals surface area contributed by atoms with Crippen molar-refractivity contribution in [1.82, 2.24) is 0 Å². The molecule has 228 valence electrons. The van der Waals surface area contributed by atoms with Crippen LogP contribution < -0.4 is 5.63 Å². The molecule has 0 fully saturated rings. The summed E-state index contributed by atoms with van der Waals surface area (Å²) in [6, 6.07) is 5.82. The number of allylic oxidation sites excluding steroid dienone is 4. The molecular weight excluding hydrogens is 548 g/mol. The summed E-state index contributed by atoms with van der Waals surface area (Å²) in [7, 11) is 0. The van der Waals surface area contributed by atoms with Crippen LogP contribution >= 0.6 is 0 Å². The number of aryl methyl sites for hydroxylation is 2. The standard InChI is InChI=1S/C35H40O8/c1-22(2)32(36)40-17-9-7-11-26-19-28-20-30(25-13-15-29(16-14-25)42-34(38)24(5)6)35(39)43-31(28)21-27(26)12-8-10-18-41-33(37)23(3)4/h13,15,19-21H,1,3,5,7-12,14,16-18H2,2,4,6H3. The molecule has 0 unspecified atom stereocenters. The molecule has 2 aromatic rings. The molecule has 0 aliphatic heterocycles. The molecule has 0 radical (unpaired) electrons. The van der Waals surface area contributed by atoms with Crippen molar-refractivity contribution in [2.75, 3.05) is 13.2 Å². The van der Waals surface area contributed by atoms with Crippen molar-refractivity contribution >= 4 is 34.5 Å². The van der Waals surface area contributed by atoms with Crippen LogP contribution in [0, 0.1) is 0 Å². The van der Waals surface area contributed by atoms with Crippen LogP contribution in [-0.2, 0) is 41.4 Å². The lowest BCUT2D eigenvalue weighted by Crippen LogP contribution is -2.10. The summed E-state index contributed by atoms with van der Waals surface area (Å²) < 4.78 is 21.6. The Balaban J connectivity index is 1.80. The second kappa shape index (κ2) is 15.7. The van der Waals surface area contributed by atoms with E-state index in [0.29, 0.717) is 78.9 Å². The van der Waals surface area contributed by atoms with Crippen molar-refractivity contribution < 1.29 is 33.0 Å². The van der Waals surface area contributed by atoms with Crippen molar-refractivity contribution in [3.05, 3.63) is 99.7 Å². The van der Waals surface area contributed by atoms with Gasteiger partial charge in [0.15, 0.2) is 0 Å². The number of fused-ring (bicyclic) bond motifs is 1. The maximum Gasteiger partial charge on any atom is 0.343 e. The highest BCUT2D eigenvalue weighted by Gasteiger charge is 2.17. The van der Waals surface area contributed by atoms with E-state index in [0.717, 1.165) is 41.3 Å². The summed E-state index contributed by atoms with van der Waals surface area (Å²) in [6.45, 7) is 16.2. The van der Waals surface area contributed by atoms with Gasteiger partial charge in [0.1, 0.15) is 11.3 Å². The highest BCUT2D eigenvalue weighted by Crippen LogP contribution is 2.29. The molecule has 0 saturated heterocycles. The molecular formula is C35H40O8. The number of unbranched alkanes of at least 4 members (excludes halogenated alkanes) is 2. The third kappa shape index (κ3) is 9.81. The monoisotopic (exact) mass is 588 g/mol. The Bertz CT molecular complexity index is 1550. The lowest BCUT2D eigenvalue weighted by Gasteiger charge is -2.15.